The van der Waals surface area contributed by atoms with Gasteiger partial charge in [0.15, 0.2) is 5.11 Å². The lowest BCUT2D eigenvalue weighted by atomic mass is 10.2. The fourth-order valence-corrected chi connectivity index (χ4v) is 3.27. The minimum absolute atomic E-state index is 0.187. The van der Waals surface area contributed by atoms with Crippen LogP contribution in [-0.4, -0.2) is 17.6 Å². The number of carbonyl (C=O) groups excluding carboxylic acids is 1. The first-order valence-electron chi connectivity index (χ1n) is 10.8. The topological polar surface area (TPSA) is 59.6 Å². The molecule has 0 spiro atoms. The molecule has 0 aromatic heterocycles. The number of carbonyl (C=O) groups is 1. The molecule has 0 unspecified atom stereocenters. The molecule has 0 saturated carbocycles. The van der Waals surface area contributed by atoms with E-state index in [-0.39, 0.29) is 11.0 Å². The van der Waals surface area contributed by atoms with Crippen molar-refractivity contribution < 1.29 is 14.3 Å². The molecule has 0 aliphatic carbocycles. The second-order valence-corrected chi connectivity index (χ2v) is 7.64. The number of thiocarbonyl (C=S) groups is 1. The van der Waals surface area contributed by atoms with Crippen molar-refractivity contribution in [1.82, 2.24) is 5.32 Å². The zero-order valence-electron chi connectivity index (χ0n) is 18.2. The number of ether oxygens (including phenoxy) is 2. The van der Waals surface area contributed by atoms with E-state index in [2.05, 4.69) is 17.6 Å². The number of nitrogens with one attached hydrogen (secondary N) is 2. The summed E-state index contributed by atoms with van der Waals surface area (Å²) in [4.78, 5) is 12.8. The Bertz CT molecular complexity index is 1020. The molecule has 0 aliphatic rings. The van der Waals surface area contributed by atoms with Gasteiger partial charge in [0.2, 0.25) is 0 Å². The molecule has 3 aromatic carbocycles. The molecule has 3 rings (SSSR count). The Kier molecular flexibility index (Phi) is 9.07. The molecule has 0 aliphatic heterocycles. The van der Waals surface area contributed by atoms with Crippen molar-refractivity contribution in [3.63, 3.8) is 0 Å². The van der Waals surface area contributed by atoms with Gasteiger partial charge < -0.3 is 14.8 Å². The molecule has 166 valence electrons. The van der Waals surface area contributed by atoms with Crippen LogP contribution in [0.25, 0.3) is 0 Å². The van der Waals surface area contributed by atoms with Crippen molar-refractivity contribution in [2.45, 2.75) is 32.8 Å². The number of hydrogen-bond acceptors (Lipinski definition) is 4. The maximum atomic E-state index is 12.8. The third-order valence-electron chi connectivity index (χ3n) is 4.74. The monoisotopic (exact) mass is 448 g/mol. The quantitative estimate of drug-likeness (QED) is 0.296. The Hall–Kier alpha value is -3.38. The van der Waals surface area contributed by atoms with Gasteiger partial charge in [0, 0.05) is 0 Å². The van der Waals surface area contributed by atoms with E-state index in [1.165, 1.54) is 0 Å². The number of para-hydroxylation sites is 3. The molecule has 2 N–H and O–H groups in total. The summed E-state index contributed by atoms with van der Waals surface area (Å²) in [6.07, 6.45) is 3.16. The number of benzene rings is 3. The van der Waals surface area contributed by atoms with Crippen LogP contribution in [0.2, 0.25) is 0 Å². The molecule has 0 atom stereocenters. The van der Waals surface area contributed by atoms with Gasteiger partial charge >= 0.3 is 0 Å². The molecule has 0 saturated heterocycles. The Labute approximate surface area is 194 Å². The summed E-state index contributed by atoms with van der Waals surface area (Å²) in [6.45, 7) is 3.15. The Morgan fingerprint density at radius 1 is 0.844 bits per heavy atom. The Balaban J connectivity index is 1.60. The van der Waals surface area contributed by atoms with Crippen molar-refractivity contribution in [2.24, 2.45) is 0 Å². The summed E-state index contributed by atoms with van der Waals surface area (Å²) in [5.41, 5.74) is 2.19. The first-order valence-corrected chi connectivity index (χ1v) is 11.2. The molecule has 3 aromatic rings. The van der Waals surface area contributed by atoms with Gasteiger partial charge in [0.25, 0.3) is 5.91 Å². The summed E-state index contributed by atoms with van der Waals surface area (Å²) < 4.78 is 11.8. The standard InChI is InChI=1S/C26H28N2O3S/c1-2-3-11-18-30-23-16-9-7-14-21(23)25(29)28-26(32)27-22-15-8-10-17-24(22)31-19-20-12-5-4-6-13-20/h4-10,12-17H,2-3,11,18-19H2,1H3,(H2,27,28,29,32). The van der Waals surface area contributed by atoms with Crippen molar-refractivity contribution >= 4 is 28.9 Å². The zero-order valence-corrected chi connectivity index (χ0v) is 19.0. The highest BCUT2D eigenvalue weighted by atomic mass is 32.1. The number of unbranched alkanes of at least 4 members (excludes halogenated alkanes) is 2. The minimum Gasteiger partial charge on any atom is -0.493 e. The van der Waals surface area contributed by atoms with E-state index in [4.69, 9.17) is 21.7 Å². The normalized spacial score (nSPS) is 10.3. The zero-order chi connectivity index (χ0) is 22.6. The second-order valence-electron chi connectivity index (χ2n) is 7.23. The van der Waals surface area contributed by atoms with E-state index in [0.29, 0.717) is 36.0 Å². The highest BCUT2D eigenvalue weighted by Gasteiger charge is 2.14. The molecule has 1 amide bonds. The summed E-state index contributed by atoms with van der Waals surface area (Å²) in [5, 5.41) is 5.98. The van der Waals surface area contributed by atoms with Crippen LogP contribution in [-0.2, 0) is 6.61 Å². The lowest BCUT2D eigenvalue weighted by Gasteiger charge is -2.15. The molecular weight excluding hydrogens is 420 g/mol. The van der Waals surface area contributed by atoms with E-state index in [9.17, 15) is 4.79 Å². The van der Waals surface area contributed by atoms with Crippen LogP contribution in [0.5, 0.6) is 11.5 Å². The third-order valence-corrected chi connectivity index (χ3v) is 4.94. The van der Waals surface area contributed by atoms with Gasteiger partial charge in [-0.1, -0.05) is 74.4 Å². The largest absolute Gasteiger partial charge is 0.493 e. The van der Waals surface area contributed by atoms with E-state index in [1.807, 2.05) is 60.7 Å². The van der Waals surface area contributed by atoms with E-state index >= 15 is 0 Å². The van der Waals surface area contributed by atoms with Crippen LogP contribution in [0, 0.1) is 0 Å². The van der Waals surface area contributed by atoms with Gasteiger partial charge in [-0.05, 0) is 48.5 Å². The molecule has 0 bridgehead atoms. The van der Waals surface area contributed by atoms with E-state index < -0.39 is 0 Å². The highest BCUT2D eigenvalue weighted by molar-refractivity contribution is 7.80. The molecule has 0 heterocycles. The van der Waals surface area contributed by atoms with Crippen molar-refractivity contribution in [1.29, 1.82) is 0 Å². The minimum atomic E-state index is -0.323. The highest BCUT2D eigenvalue weighted by Crippen LogP contribution is 2.25. The average Bonchev–Trinajstić information content (AvgIpc) is 2.82. The molecular formula is C26H28N2O3S. The van der Waals surface area contributed by atoms with Gasteiger partial charge in [-0.15, -0.1) is 0 Å². The van der Waals surface area contributed by atoms with Gasteiger partial charge in [0.1, 0.15) is 18.1 Å². The predicted octanol–water partition coefficient (Wildman–Crippen LogP) is 5.96. The van der Waals surface area contributed by atoms with Gasteiger partial charge in [-0.25, -0.2) is 0 Å². The van der Waals surface area contributed by atoms with Crippen molar-refractivity contribution in [3.8, 4) is 11.5 Å². The van der Waals surface area contributed by atoms with E-state index in [1.54, 1.807) is 18.2 Å². The van der Waals surface area contributed by atoms with Gasteiger partial charge in [-0.2, -0.15) is 0 Å². The first-order chi connectivity index (χ1) is 15.7. The van der Waals surface area contributed by atoms with Crippen LogP contribution < -0.4 is 20.1 Å². The van der Waals surface area contributed by atoms with Crippen LogP contribution in [0.4, 0.5) is 5.69 Å². The lowest BCUT2D eigenvalue weighted by Crippen LogP contribution is -2.34. The summed E-state index contributed by atoms with van der Waals surface area (Å²) in [5.74, 6) is 0.874. The fourth-order valence-electron chi connectivity index (χ4n) is 3.07. The Morgan fingerprint density at radius 2 is 1.53 bits per heavy atom. The van der Waals surface area contributed by atoms with Crippen LogP contribution in [0.3, 0.4) is 0 Å². The molecule has 0 fully saturated rings. The second kappa shape index (κ2) is 12.5. The fraction of sp³-hybridized carbons (Fsp3) is 0.231. The molecule has 6 heteroatoms. The first kappa shape index (κ1) is 23.3. The number of amides is 1. The van der Waals surface area contributed by atoms with Crippen molar-refractivity contribution in [3.05, 3.63) is 90.0 Å². The van der Waals surface area contributed by atoms with E-state index in [0.717, 1.165) is 24.8 Å². The lowest BCUT2D eigenvalue weighted by molar-refractivity contribution is 0.0973. The maximum Gasteiger partial charge on any atom is 0.261 e. The summed E-state index contributed by atoms with van der Waals surface area (Å²) in [7, 11) is 0. The summed E-state index contributed by atoms with van der Waals surface area (Å²) in [6, 6.07) is 24.6. The number of anilines is 1. The molecule has 0 radical (unpaired) electrons. The number of hydrogen-bond donors (Lipinski definition) is 2. The van der Waals surface area contributed by atoms with Gasteiger partial charge in [-0.3, -0.25) is 10.1 Å². The Morgan fingerprint density at radius 3 is 2.31 bits per heavy atom. The number of rotatable bonds is 10. The average molecular weight is 449 g/mol. The van der Waals surface area contributed by atoms with Crippen LogP contribution >= 0.6 is 12.2 Å². The summed E-state index contributed by atoms with van der Waals surface area (Å²) >= 11 is 5.38. The predicted molar refractivity (Wildman–Crippen MR) is 132 cm³/mol. The smallest absolute Gasteiger partial charge is 0.261 e. The van der Waals surface area contributed by atoms with Crippen LogP contribution in [0.1, 0.15) is 42.1 Å². The SMILES string of the molecule is CCCCCOc1ccccc1C(=O)NC(=S)Nc1ccccc1OCc1ccccc1. The van der Waals surface area contributed by atoms with Gasteiger partial charge in [0.05, 0.1) is 17.9 Å². The van der Waals surface area contributed by atoms with Crippen molar-refractivity contribution in [2.75, 3.05) is 11.9 Å². The third kappa shape index (κ3) is 7.10. The molecule has 32 heavy (non-hydrogen) atoms. The van der Waals surface area contributed by atoms with Crippen LogP contribution in [0.15, 0.2) is 78.9 Å². The maximum absolute atomic E-state index is 12.8. The molecule has 5 nitrogen and oxygen atoms in total.